The molecule has 4 nitrogen and oxygen atoms in total. The lowest BCUT2D eigenvalue weighted by Crippen LogP contribution is -2.37. The van der Waals surface area contributed by atoms with Crippen molar-refractivity contribution >= 4 is 5.91 Å². The van der Waals surface area contributed by atoms with Crippen LogP contribution < -0.4 is 5.73 Å². The Balaban J connectivity index is 1.83. The van der Waals surface area contributed by atoms with E-state index in [9.17, 15) is 4.79 Å². The molecule has 1 aromatic rings. The molecule has 0 aliphatic heterocycles. The average Bonchev–Trinajstić information content (AvgIpc) is 2.84. The quantitative estimate of drug-likeness (QED) is 0.890. The average molecular weight is 250 g/mol. The van der Waals surface area contributed by atoms with Crippen LogP contribution in [-0.2, 0) is 11.3 Å². The number of amides is 1. The van der Waals surface area contributed by atoms with Crippen molar-refractivity contribution in [3.8, 4) is 0 Å². The van der Waals surface area contributed by atoms with Gasteiger partial charge in [0.25, 0.3) is 0 Å². The van der Waals surface area contributed by atoms with Gasteiger partial charge >= 0.3 is 0 Å². The fourth-order valence-electron chi connectivity index (χ4n) is 2.59. The zero-order valence-electron chi connectivity index (χ0n) is 11.0. The number of nitrogens with two attached hydrogens (primary N) is 1. The first kappa shape index (κ1) is 13.1. The first-order valence-corrected chi connectivity index (χ1v) is 6.68. The second-order valence-corrected chi connectivity index (χ2v) is 5.24. The van der Waals surface area contributed by atoms with Crippen molar-refractivity contribution in [2.45, 2.75) is 44.7 Å². The van der Waals surface area contributed by atoms with Gasteiger partial charge in [-0.25, -0.2) is 0 Å². The minimum Gasteiger partial charge on any atom is -0.467 e. The Morgan fingerprint density at radius 2 is 2.28 bits per heavy atom. The number of carbonyl (C=O) groups excluding carboxylic acids is 1. The second-order valence-electron chi connectivity index (χ2n) is 5.24. The number of furan rings is 1. The molecule has 0 spiro atoms. The van der Waals surface area contributed by atoms with E-state index in [4.69, 9.17) is 10.2 Å². The zero-order valence-corrected chi connectivity index (χ0v) is 11.0. The molecule has 0 aromatic carbocycles. The molecule has 0 bridgehead atoms. The number of carbonyl (C=O) groups is 1. The van der Waals surface area contributed by atoms with E-state index in [2.05, 4.69) is 0 Å². The Kier molecular flexibility index (Phi) is 4.42. The molecule has 1 aliphatic rings. The summed E-state index contributed by atoms with van der Waals surface area (Å²) in [6.45, 7) is 0.536. The SMILES string of the molecule is CN(Cc1ccco1)C(=O)CC1CCCCC1N. The van der Waals surface area contributed by atoms with Crippen LogP contribution in [0, 0.1) is 5.92 Å². The molecule has 1 fully saturated rings. The first-order valence-electron chi connectivity index (χ1n) is 6.68. The molecule has 100 valence electrons. The van der Waals surface area contributed by atoms with Crippen molar-refractivity contribution in [1.29, 1.82) is 0 Å². The monoisotopic (exact) mass is 250 g/mol. The maximum Gasteiger partial charge on any atom is 0.223 e. The van der Waals surface area contributed by atoms with Crippen LogP contribution in [0.1, 0.15) is 37.9 Å². The van der Waals surface area contributed by atoms with Gasteiger partial charge in [-0.1, -0.05) is 12.8 Å². The molecular formula is C14H22N2O2. The molecule has 4 heteroatoms. The Hall–Kier alpha value is -1.29. The van der Waals surface area contributed by atoms with E-state index in [0.29, 0.717) is 18.9 Å². The minimum atomic E-state index is 0.161. The highest BCUT2D eigenvalue weighted by molar-refractivity contribution is 5.76. The van der Waals surface area contributed by atoms with Gasteiger partial charge in [-0.3, -0.25) is 4.79 Å². The lowest BCUT2D eigenvalue weighted by Gasteiger charge is -2.29. The summed E-state index contributed by atoms with van der Waals surface area (Å²) < 4.78 is 5.25. The third kappa shape index (κ3) is 3.35. The molecule has 1 heterocycles. The fraction of sp³-hybridized carbons (Fsp3) is 0.643. The van der Waals surface area contributed by atoms with Crippen LogP contribution in [0.2, 0.25) is 0 Å². The topological polar surface area (TPSA) is 59.5 Å². The van der Waals surface area contributed by atoms with Gasteiger partial charge in [0.15, 0.2) is 0 Å². The normalized spacial score (nSPS) is 23.9. The second kappa shape index (κ2) is 6.05. The van der Waals surface area contributed by atoms with Gasteiger partial charge in [-0.15, -0.1) is 0 Å². The highest BCUT2D eigenvalue weighted by atomic mass is 16.3. The largest absolute Gasteiger partial charge is 0.467 e. The van der Waals surface area contributed by atoms with Crippen molar-refractivity contribution in [2.75, 3.05) is 7.05 Å². The van der Waals surface area contributed by atoms with Gasteiger partial charge in [0.2, 0.25) is 5.91 Å². The van der Waals surface area contributed by atoms with Gasteiger partial charge in [0.05, 0.1) is 12.8 Å². The van der Waals surface area contributed by atoms with Gasteiger partial charge in [0.1, 0.15) is 5.76 Å². The third-order valence-corrected chi connectivity index (χ3v) is 3.80. The molecule has 1 aromatic heterocycles. The molecule has 1 amide bonds. The molecule has 2 unspecified atom stereocenters. The molecule has 0 radical (unpaired) electrons. The highest BCUT2D eigenvalue weighted by Gasteiger charge is 2.25. The fourth-order valence-corrected chi connectivity index (χ4v) is 2.59. The van der Waals surface area contributed by atoms with Crippen molar-refractivity contribution in [1.82, 2.24) is 4.90 Å². The molecular weight excluding hydrogens is 228 g/mol. The lowest BCUT2D eigenvalue weighted by molar-refractivity contribution is -0.132. The summed E-state index contributed by atoms with van der Waals surface area (Å²) in [6.07, 6.45) is 6.74. The van der Waals surface area contributed by atoms with Crippen molar-refractivity contribution in [3.63, 3.8) is 0 Å². The van der Waals surface area contributed by atoms with Crippen LogP contribution in [0.3, 0.4) is 0 Å². The summed E-state index contributed by atoms with van der Waals surface area (Å²) in [7, 11) is 1.82. The Labute approximate surface area is 108 Å². The number of hydrogen-bond acceptors (Lipinski definition) is 3. The van der Waals surface area contributed by atoms with Crippen molar-refractivity contribution in [3.05, 3.63) is 24.2 Å². The van der Waals surface area contributed by atoms with Gasteiger partial charge in [0, 0.05) is 19.5 Å². The van der Waals surface area contributed by atoms with E-state index < -0.39 is 0 Å². The van der Waals surface area contributed by atoms with Crippen molar-refractivity contribution in [2.24, 2.45) is 11.7 Å². The summed E-state index contributed by atoms with van der Waals surface area (Å²) in [6, 6.07) is 3.92. The molecule has 2 atom stereocenters. The number of hydrogen-bond donors (Lipinski definition) is 1. The first-order chi connectivity index (χ1) is 8.66. The van der Waals surface area contributed by atoms with E-state index in [1.54, 1.807) is 11.2 Å². The van der Waals surface area contributed by atoms with Gasteiger partial charge in [-0.2, -0.15) is 0 Å². The summed E-state index contributed by atoms with van der Waals surface area (Å²) in [5.41, 5.74) is 6.07. The van der Waals surface area contributed by atoms with Crippen LogP contribution >= 0.6 is 0 Å². The van der Waals surface area contributed by atoms with Crippen LogP contribution in [-0.4, -0.2) is 23.9 Å². The predicted octanol–water partition coefficient (Wildman–Crippen LogP) is 2.15. The summed E-state index contributed by atoms with van der Waals surface area (Å²) >= 11 is 0. The lowest BCUT2D eigenvalue weighted by atomic mass is 9.83. The highest BCUT2D eigenvalue weighted by Crippen LogP contribution is 2.26. The standard InChI is InChI=1S/C14H22N2O2/c1-16(10-12-6-4-8-18-12)14(17)9-11-5-2-3-7-13(11)15/h4,6,8,11,13H,2-3,5,7,9-10,15H2,1H3. The van der Waals surface area contributed by atoms with E-state index in [1.807, 2.05) is 19.2 Å². The van der Waals surface area contributed by atoms with E-state index in [0.717, 1.165) is 18.6 Å². The van der Waals surface area contributed by atoms with E-state index in [1.165, 1.54) is 12.8 Å². The smallest absolute Gasteiger partial charge is 0.223 e. The molecule has 1 saturated carbocycles. The Morgan fingerprint density at radius 3 is 2.94 bits per heavy atom. The summed E-state index contributed by atoms with van der Waals surface area (Å²) in [5, 5.41) is 0. The van der Waals surface area contributed by atoms with Gasteiger partial charge < -0.3 is 15.1 Å². The summed E-state index contributed by atoms with van der Waals surface area (Å²) in [4.78, 5) is 13.8. The van der Waals surface area contributed by atoms with E-state index >= 15 is 0 Å². The van der Waals surface area contributed by atoms with Crippen molar-refractivity contribution < 1.29 is 9.21 Å². The minimum absolute atomic E-state index is 0.161. The molecule has 2 rings (SSSR count). The number of rotatable bonds is 4. The van der Waals surface area contributed by atoms with Crippen LogP contribution in [0.4, 0.5) is 0 Å². The molecule has 2 N–H and O–H groups in total. The molecule has 1 aliphatic carbocycles. The maximum atomic E-state index is 12.1. The van der Waals surface area contributed by atoms with Gasteiger partial charge in [-0.05, 0) is 30.9 Å². The Bertz CT molecular complexity index is 375. The van der Waals surface area contributed by atoms with Crippen LogP contribution in [0.25, 0.3) is 0 Å². The van der Waals surface area contributed by atoms with Crippen LogP contribution in [0.15, 0.2) is 22.8 Å². The maximum absolute atomic E-state index is 12.1. The molecule has 18 heavy (non-hydrogen) atoms. The Morgan fingerprint density at radius 1 is 1.50 bits per heavy atom. The van der Waals surface area contributed by atoms with Crippen LogP contribution in [0.5, 0.6) is 0 Å². The molecule has 0 saturated heterocycles. The summed E-state index contributed by atoms with van der Waals surface area (Å²) in [5.74, 6) is 1.33. The zero-order chi connectivity index (χ0) is 13.0. The van der Waals surface area contributed by atoms with E-state index in [-0.39, 0.29) is 11.9 Å². The number of nitrogens with zero attached hydrogens (tertiary/aromatic N) is 1. The third-order valence-electron chi connectivity index (χ3n) is 3.80. The predicted molar refractivity (Wildman–Crippen MR) is 69.7 cm³/mol.